The summed E-state index contributed by atoms with van der Waals surface area (Å²) in [4.78, 5) is 2.40. The predicted molar refractivity (Wildman–Crippen MR) is 245 cm³/mol. The van der Waals surface area contributed by atoms with Gasteiger partial charge in [0.1, 0.15) is 11.2 Å². The average Bonchev–Trinajstić information content (AvgIpc) is 3.70. The van der Waals surface area contributed by atoms with Gasteiger partial charge in [0.15, 0.2) is 0 Å². The summed E-state index contributed by atoms with van der Waals surface area (Å²) in [7, 11) is 0. The maximum Gasteiger partial charge on any atom is 0.145 e. The van der Waals surface area contributed by atoms with Crippen molar-refractivity contribution in [3.8, 4) is 44.5 Å². The Balaban J connectivity index is 1.13. The van der Waals surface area contributed by atoms with Gasteiger partial charge in [-0.2, -0.15) is 0 Å². The lowest BCUT2D eigenvalue weighted by Gasteiger charge is -2.27. The predicted octanol–water partition coefficient (Wildman–Crippen LogP) is 16.0. The van der Waals surface area contributed by atoms with Gasteiger partial charge in [0.2, 0.25) is 0 Å². The standard InChI is InChI=1S/C56H37NO/c1-2-15-39(16-3-1)48-23-8-9-24-50(48)43-20-12-21-46(37-43)57(45-32-30-41(31-33-45)49-26-13-19-40-17-6-7-22-47(40)49)53-35-34-51(44-29-28-38-14-4-5-18-42(38)36-44)56-55(53)52-25-10-11-27-54(52)58-56/h1-37H. The van der Waals surface area contributed by atoms with E-state index in [1.54, 1.807) is 0 Å². The van der Waals surface area contributed by atoms with Crippen LogP contribution in [0.5, 0.6) is 0 Å². The molecular formula is C56H37NO. The van der Waals surface area contributed by atoms with Crippen LogP contribution in [0.3, 0.4) is 0 Å². The molecule has 272 valence electrons. The van der Waals surface area contributed by atoms with Crippen molar-refractivity contribution in [3.05, 3.63) is 224 Å². The van der Waals surface area contributed by atoms with Gasteiger partial charge in [-0.25, -0.2) is 0 Å². The lowest BCUT2D eigenvalue weighted by atomic mass is 9.94. The van der Waals surface area contributed by atoms with Gasteiger partial charge in [-0.05, 0) is 109 Å². The molecule has 0 N–H and O–H groups in total. The highest BCUT2D eigenvalue weighted by molar-refractivity contribution is 6.17. The zero-order valence-corrected chi connectivity index (χ0v) is 31.7. The van der Waals surface area contributed by atoms with Crippen molar-refractivity contribution < 1.29 is 4.42 Å². The van der Waals surface area contributed by atoms with Crippen molar-refractivity contribution in [1.29, 1.82) is 0 Å². The summed E-state index contributed by atoms with van der Waals surface area (Å²) >= 11 is 0. The number of anilines is 3. The molecule has 0 aliphatic carbocycles. The molecule has 0 saturated heterocycles. The van der Waals surface area contributed by atoms with E-state index < -0.39 is 0 Å². The minimum Gasteiger partial charge on any atom is -0.455 e. The van der Waals surface area contributed by atoms with Crippen LogP contribution in [0.15, 0.2) is 229 Å². The van der Waals surface area contributed by atoms with E-state index in [0.29, 0.717) is 0 Å². The van der Waals surface area contributed by atoms with Gasteiger partial charge in [0, 0.05) is 22.3 Å². The first kappa shape index (κ1) is 33.6. The van der Waals surface area contributed by atoms with Crippen molar-refractivity contribution in [2.45, 2.75) is 0 Å². The van der Waals surface area contributed by atoms with Crippen LogP contribution < -0.4 is 4.90 Å². The monoisotopic (exact) mass is 739 g/mol. The number of fused-ring (bicyclic) bond motifs is 5. The molecule has 11 rings (SSSR count). The Hall–Kier alpha value is -7.68. The fraction of sp³-hybridized carbons (Fsp3) is 0. The second kappa shape index (κ2) is 14.1. The van der Waals surface area contributed by atoms with Gasteiger partial charge in [-0.15, -0.1) is 0 Å². The van der Waals surface area contributed by atoms with E-state index in [4.69, 9.17) is 4.42 Å². The maximum absolute atomic E-state index is 6.86. The molecule has 2 heteroatoms. The van der Waals surface area contributed by atoms with Gasteiger partial charge in [0.05, 0.1) is 11.1 Å². The summed E-state index contributed by atoms with van der Waals surface area (Å²) in [5, 5.41) is 7.06. The first-order valence-electron chi connectivity index (χ1n) is 19.8. The Morgan fingerprint density at radius 3 is 1.74 bits per heavy atom. The molecule has 0 bridgehead atoms. The Morgan fingerprint density at radius 1 is 0.310 bits per heavy atom. The number of rotatable bonds is 7. The quantitative estimate of drug-likeness (QED) is 0.162. The Bertz CT molecular complexity index is 3280. The molecule has 1 aromatic heterocycles. The van der Waals surface area contributed by atoms with E-state index in [1.807, 2.05) is 0 Å². The molecule has 0 aliphatic heterocycles. The smallest absolute Gasteiger partial charge is 0.145 e. The van der Waals surface area contributed by atoms with Gasteiger partial charge < -0.3 is 9.32 Å². The van der Waals surface area contributed by atoms with Crippen molar-refractivity contribution in [2.24, 2.45) is 0 Å². The number of hydrogen-bond acceptors (Lipinski definition) is 2. The highest BCUT2D eigenvalue weighted by Gasteiger charge is 2.23. The van der Waals surface area contributed by atoms with Crippen LogP contribution in [-0.2, 0) is 0 Å². The molecule has 2 nitrogen and oxygen atoms in total. The minimum atomic E-state index is 0.865. The van der Waals surface area contributed by atoms with Crippen molar-refractivity contribution >= 4 is 60.5 Å². The minimum absolute atomic E-state index is 0.865. The molecule has 10 aromatic carbocycles. The molecule has 0 amide bonds. The van der Waals surface area contributed by atoms with Gasteiger partial charge in [-0.3, -0.25) is 0 Å². The topological polar surface area (TPSA) is 16.4 Å². The van der Waals surface area contributed by atoms with Gasteiger partial charge in [0.25, 0.3) is 0 Å². The molecule has 0 fully saturated rings. The molecule has 1 heterocycles. The summed E-state index contributed by atoms with van der Waals surface area (Å²) in [5.41, 5.74) is 14.2. The second-order valence-corrected chi connectivity index (χ2v) is 14.9. The molecule has 0 unspecified atom stereocenters. The van der Waals surface area contributed by atoms with Crippen LogP contribution in [0.25, 0.3) is 88.0 Å². The number of para-hydroxylation sites is 1. The normalized spacial score (nSPS) is 11.4. The van der Waals surface area contributed by atoms with Crippen LogP contribution >= 0.6 is 0 Å². The van der Waals surface area contributed by atoms with Crippen molar-refractivity contribution in [1.82, 2.24) is 0 Å². The molecule has 58 heavy (non-hydrogen) atoms. The lowest BCUT2D eigenvalue weighted by molar-refractivity contribution is 0.670. The molecule has 0 atom stereocenters. The van der Waals surface area contributed by atoms with Crippen LogP contribution in [0.1, 0.15) is 0 Å². The molecule has 0 aliphatic rings. The Kier molecular flexibility index (Phi) is 8.19. The van der Waals surface area contributed by atoms with E-state index in [-0.39, 0.29) is 0 Å². The van der Waals surface area contributed by atoms with Crippen LogP contribution in [-0.4, -0.2) is 0 Å². The van der Waals surface area contributed by atoms with E-state index in [0.717, 1.165) is 55.7 Å². The average molecular weight is 740 g/mol. The molecular weight excluding hydrogens is 703 g/mol. The SMILES string of the molecule is c1ccc(-c2ccccc2-c2cccc(N(c3ccc(-c4cccc5ccccc45)cc3)c3ccc(-c4ccc5ccccc5c4)c4oc5ccccc5c34)c2)cc1. The largest absolute Gasteiger partial charge is 0.455 e. The van der Waals surface area contributed by atoms with Crippen LogP contribution in [0.4, 0.5) is 17.1 Å². The fourth-order valence-corrected chi connectivity index (χ4v) is 8.69. The molecule has 0 saturated carbocycles. The highest BCUT2D eigenvalue weighted by Crippen LogP contribution is 2.47. The zero-order valence-electron chi connectivity index (χ0n) is 31.7. The van der Waals surface area contributed by atoms with Crippen LogP contribution in [0, 0.1) is 0 Å². The number of furan rings is 1. The van der Waals surface area contributed by atoms with Crippen molar-refractivity contribution in [3.63, 3.8) is 0 Å². The Morgan fingerprint density at radius 2 is 0.897 bits per heavy atom. The first-order valence-corrected chi connectivity index (χ1v) is 19.8. The Labute approximate surface area is 337 Å². The van der Waals surface area contributed by atoms with Gasteiger partial charge in [-0.1, -0.05) is 176 Å². The second-order valence-electron chi connectivity index (χ2n) is 14.9. The third kappa shape index (κ3) is 5.82. The third-order valence-corrected chi connectivity index (χ3v) is 11.5. The zero-order chi connectivity index (χ0) is 38.4. The fourth-order valence-electron chi connectivity index (χ4n) is 8.69. The first-order chi connectivity index (χ1) is 28.8. The summed E-state index contributed by atoms with van der Waals surface area (Å²) in [5.74, 6) is 0. The third-order valence-electron chi connectivity index (χ3n) is 11.5. The van der Waals surface area contributed by atoms with Crippen molar-refractivity contribution in [2.75, 3.05) is 4.90 Å². The lowest BCUT2D eigenvalue weighted by Crippen LogP contribution is -2.10. The van der Waals surface area contributed by atoms with Gasteiger partial charge >= 0.3 is 0 Å². The van der Waals surface area contributed by atoms with E-state index in [1.165, 1.54) is 49.4 Å². The summed E-state index contributed by atoms with van der Waals surface area (Å²) < 4.78 is 6.86. The van der Waals surface area contributed by atoms with E-state index >= 15 is 0 Å². The maximum atomic E-state index is 6.86. The summed E-state index contributed by atoms with van der Waals surface area (Å²) in [6.45, 7) is 0. The van der Waals surface area contributed by atoms with E-state index in [2.05, 4.69) is 229 Å². The number of hydrogen-bond donors (Lipinski definition) is 0. The summed E-state index contributed by atoms with van der Waals surface area (Å²) in [6, 6.07) is 80.6. The molecule has 0 radical (unpaired) electrons. The highest BCUT2D eigenvalue weighted by atomic mass is 16.3. The molecule has 11 aromatic rings. The molecule has 0 spiro atoms. The van der Waals surface area contributed by atoms with Crippen LogP contribution in [0.2, 0.25) is 0 Å². The summed E-state index contributed by atoms with van der Waals surface area (Å²) in [6.07, 6.45) is 0. The van der Waals surface area contributed by atoms with E-state index in [9.17, 15) is 0 Å². The number of benzene rings is 10. The number of nitrogens with zero attached hydrogens (tertiary/aromatic N) is 1.